The lowest BCUT2D eigenvalue weighted by atomic mass is 10.2. The number of nitrogens with zero attached hydrogens (tertiary/aromatic N) is 4. The Labute approximate surface area is 92.5 Å². The summed E-state index contributed by atoms with van der Waals surface area (Å²) in [5, 5.41) is 7.97. The van der Waals surface area contributed by atoms with Crippen LogP contribution in [0.1, 0.15) is 18.5 Å². The molecule has 6 heteroatoms. The maximum absolute atomic E-state index is 12.7. The third-order valence-electron chi connectivity index (χ3n) is 2.61. The van der Waals surface area contributed by atoms with Gasteiger partial charge in [0.15, 0.2) is 5.15 Å². The van der Waals surface area contributed by atoms with Crippen LogP contribution < -0.4 is 4.90 Å². The maximum Gasteiger partial charge on any atom is 0.246 e. The van der Waals surface area contributed by atoms with E-state index in [4.69, 9.17) is 11.6 Å². The second kappa shape index (κ2) is 4.26. The molecule has 0 spiro atoms. The lowest BCUT2D eigenvalue weighted by Gasteiger charge is -2.21. The van der Waals surface area contributed by atoms with Gasteiger partial charge in [-0.3, -0.25) is 0 Å². The molecule has 1 fully saturated rings. The molecule has 1 aromatic rings. The molecule has 1 saturated heterocycles. The van der Waals surface area contributed by atoms with E-state index >= 15 is 0 Å². The van der Waals surface area contributed by atoms with Gasteiger partial charge >= 0.3 is 0 Å². The number of anilines is 1. The summed E-state index contributed by atoms with van der Waals surface area (Å²) in [6.07, 6.45) is 1.82. The van der Waals surface area contributed by atoms with Crippen LogP contribution in [0.2, 0.25) is 5.15 Å². The molecule has 0 saturated carbocycles. The summed E-state index contributed by atoms with van der Waals surface area (Å²) in [6, 6.07) is -0.104. The van der Waals surface area contributed by atoms with Gasteiger partial charge in [0.2, 0.25) is 5.95 Å². The van der Waals surface area contributed by atoms with Crippen molar-refractivity contribution in [1.82, 2.24) is 15.2 Å². The minimum absolute atomic E-state index is 0.104. The number of halogens is 2. The van der Waals surface area contributed by atoms with Crippen LogP contribution in [0.15, 0.2) is 0 Å². The van der Waals surface area contributed by atoms with E-state index in [9.17, 15) is 4.39 Å². The summed E-state index contributed by atoms with van der Waals surface area (Å²) in [7, 11) is 0. The molecule has 0 aliphatic carbocycles. The van der Waals surface area contributed by atoms with Gasteiger partial charge in [-0.05, 0) is 19.8 Å². The number of aryl methyl sites for hydroxylation is 1. The van der Waals surface area contributed by atoms with E-state index < -0.39 is 0 Å². The Morgan fingerprint density at radius 1 is 1.53 bits per heavy atom. The summed E-state index contributed by atoms with van der Waals surface area (Å²) < 4.78 is 12.7. The molecule has 1 aliphatic heterocycles. The van der Waals surface area contributed by atoms with E-state index in [0.717, 1.165) is 19.4 Å². The zero-order chi connectivity index (χ0) is 10.8. The van der Waals surface area contributed by atoms with Gasteiger partial charge in [-0.15, -0.1) is 10.2 Å². The average molecular weight is 231 g/mol. The predicted octanol–water partition coefficient (Wildman–Crippen LogP) is 1.77. The minimum atomic E-state index is -0.370. The predicted molar refractivity (Wildman–Crippen MR) is 55.9 cm³/mol. The fourth-order valence-corrected chi connectivity index (χ4v) is 1.84. The normalized spacial score (nSPS) is 21.0. The first-order chi connectivity index (χ1) is 7.22. The Morgan fingerprint density at radius 3 is 3.00 bits per heavy atom. The van der Waals surface area contributed by atoms with Gasteiger partial charge in [-0.2, -0.15) is 0 Å². The van der Waals surface area contributed by atoms with Crippen LogP contribution in [0.3, 0.4) is 0 Å². The molecule has 1 aliphatic rings. The molecule has 4 nitrogen and oxygen atoms in total. The summed E-state index contributed by atoms with van der Waals surface area (Å²) >= 11 is 5.73. The first kappa shape index (κ1) is 10.5. The molecule has 15 heavy (non-hydrogen) atoms. The van der Waals surface area contributed by atoms with Gasteiger partial charge in [0.1, 0.15) is 6.67 Å². The Balaban J connectivity index is 2.25. The van der Waals surface area contributed by atoms with Gasteiger partial charge in [-0.1, -0.05) is 11.6 Å². The van der Waals surface area contributed by atoms with Crippen LogP contribution >= 0.6 is 11.6 Å². The third-order valence-corrected chi connectivity index (χ3v) is 2.95. The molecule has 1 atom stereocenters. The van der Waals surface area contributed by atoms with Crippen molar-refractivity contribution in [3.05, 3.63) is 10.8 Å². The lowest BCUT2D eigenvalue weighted by Crippen LogP contribution is -2.32. The molecule has 2 heterocycles. The first-order valence-electron chi connectivity index (χ1n) is 4.92. The standard InChI is InChI=1S/C9H12ClFN4/c1-6-8(10)13-14-9(12-6)15-4-2-3-7(15)5-11/h7H,2-5H2,1H3/t7-/m0/s1. The fourth-order valence-electron chi connectivity index (χ4n) is 1.76. The molecular weight excluding hydrogens is 219 g/mol. The Bertz CT molecular complexity index is 360. The van der Waals surface area contributed by atoms with Crippen molar-refractivity contribution in [3.63, 3.8) is 0 Å². The average Bonchev–Trinajstić information content (AvgIpc) is 2.70. The number of hydrogen-bond acceptors (Lipinski definition) is 4. The molecule has 0 aromatic carbocycles. The van der Waals surface area contributed by atoms with Gasteiger partial charge in [0.25, 0.3) is 0 Å². The quantitative estimate of drug-likeness (QED) is 0.777. The van der Waals surface area contributed by atoms with Crippen LogP contribution in [0, 0.1) is 6.92 Å². The van der Waals surface area contributed by atoms with Crippen molar-refractivity contribution in [2.24, 2.45) is 0 Å². The van der Waals surface area contributed by atoms with Crippen LogP contribution in [0.4, 0.5) is 10.3 Å². The van der Waals surface area contributed by atoms with E-state index in [-0.39, 0.29) is 12.7 Å². The molecule has 0 bridgehead atoms. The van der Waals surface area contributed by atoms with Crippen molar-refractivity contribution in [1.29, 1.82) is 0 Å². The molecule has 0 N–H and O–H groups in total. The summed E-state index contributed by atoms with van der Waals surface area (Å²) in [5.41, 5.74) is 0.631. The molecule has 82 valence electrons. The van der Waals surface area contributed by atoms with Gasteiger partial charge in [0.05, 0.1) is 11.7 Å². The number of aromatic nitrogens is 3. The Hall–Kier alpha value is -0.970. The second-order valence-electron chi connectivity index (χ2n) is 3.63. The zero-order valence-electron chi connectivity index (χ0n) is 8.45. The maximum atomic E-state index is 12.7. The van der Waals surface area contributed by atoms with Crippen LogP contribution in [0.5, 0.6) is 0 Å². The van der Waals surface area contributed by atoms with Crippen LogP contribution in [-0.2, 0) is 0 Å². The van der Waals surface area contributed by atoms with Crippen molar-refractivity contribution in [2.45, 2.75) is 25.8 Å². The molecule has 2 rings (SSSR count). The molecular formula is C9H12ClFN4. The summed E-state index contributed by atoms with van der Waals surface area (Å²) in [4.78, 5) is 6.06. The highest BCUT2D eigenvalue weighted by Crippen LogP contribution is 2.23. The van der Waals surface area contributed by atoms with E-state index in [1.807, 2.05) is 4.90 Å². The second-order valence-corrected chi connectivity index (χ2v) is 3.99. The largest absolute Gasteiger partial charge is 0.334 e. The van der Waals surface area contributed by atoms with E-state index in [2.05, 4.69) is 15.2 Å². The summed E-state index contributed by atoms with van der Waals surface area (Å²) in [6.45, 7) is 2.18. The van der Waals surface area contributed by atoms with Crippen molar-refractivity contribution in [2.75, 3.05) is 18.1 Å². The van der Waals surface area contributed by atoms with Crippen molar-refractivity contribution < 1.29 is 4.39 Å². The van der Waals surface area contributed by atoms with Crippen LogP contribution in [-0.4, -0.2) is 34.4 Å². The first-order valence-corrected chi connectivity index (χ1v) is 5.29. The number of alkyl halides is 1. The van der Waals surface area contributed by atoms with Gasteiger partial charge in [-0.25, -0.2) is 9.37 Å². The number of rotatable bonds is 2. The van der Waals surface area contributed by atoms with E-state index in [1.165, 1.54) is 0 Å². The topological polar surface area (TPSA) is 41.9 Å². The SMILES string of the molecule is Cc1nc(N2CCC[C@H]2CF)nnc1Cl. The minimum Gasteiger partial charge on any atom is -0.334 e. The molecule has 0 unspecified atom stereocenters. The molecule has 0 radical (unpaired) electrons. The van der Waals surface area contributed by atoms with E-state index in [0.29, 0.717) is 16.8 Å². The fraction of sp³-hybridized carbons (Fsp3) is 0.667. The highest BCUT2D eigenvalue weighted by Gasteiger charge is 2.27. The van der Waals surface area contributed by atoms with Crippen LogP contribution in [0.25, 0.3) is 0 Å². The summed E-state index contributed by atoms with van der Waals surface area (Å²) in [5.74, 6) is 0.483. The highest BCUT2D eigenvalue weighted by molar-refractivity contribution is 6.29. The molecule has 0 amide bonds. The lowest BCUT2D eigenvalue weighted by molar-refractivity contribution is 0.425. The van der Waals surface area contributed by atoms with Gasteiger partial charge < -0.3 is 4.90 Å². The van der Waals surface area contributed by atoms with E-state index in [1.54, 1.807) is 6.92 Å². The zero-order valence-corrected chi connectivity index (χ0v) is 9.21. The highest BCUT2D eigenvalue weighted by atomic mass is 35.5. The number of hydrogen-bond donors (Lipinski definition) is 0. The smallest absolute Gasteiger partial charge is 0.246 e. The molecule has 1 aromatic heterocycles. The Kier molecular flexibility index (Phi) is 3.00. The third kappa shape index (κ3) is 2.02. The Morgan fingerprint density at radius 2 is 2.33 bits per heavy atom. The van der Waals surface area contributed by atoms with Crippen molar-refractivity contribution >= 4 is 17.5 Å². The van der Waals surface area contributed by atoms with Crippen molar-refractivity contribution in [3.8, 4) is 0 Å². The van der Waals surface area contributed by atoms with Gasteiger partial charge in [0, 0.05) is 6.54 Å². The monoisotopic (exact) mass is 230 g/mol.